The highest BCUT2D eigenvalue weighted by Crippen LogP contribution is 2.36. The summed E-state index contributed by atoms with van der Waals surface area (Å²) in [4.78, 5) is 31.3. The van der Waals surface area contributed by atoms with Crippen LogP contribution in [0.4, 0.5) is 10.5 Å². The highest BCUT2D eigenvalue weighted by Gasteiger charge is 2.36. The molecular formula is C21H31N3O3. The number of carbonyl (C=O) groups is 2. The normalized spacial score (nSPS) is 18.9. The molecule has 0 saturated carbocycles. The number of likely N-dealkylation sites (tertiary alicyclic amines) is 1. The smallest absolute Gasteiger partial charge is 0.410 e. The Labute approximate surface area is 161 Å². The quantitative estimate of drug-likeness (QED) is 0.738. The topological polar surface area (TPSA) is 62.7 Å². The van der Waals surface area contributed by atoms with Crippen LogP contribution in [0.1, 0.15) is 57.9 Å². The summed E-state index contributed by atoms with van der Waals surface area (Å²) in [5, 5.41) is 0. The van der Waals surface area contributed by atoms with Gasteiger partial charge >= 0.3 is 6.09 Å². The number of rotatable bonds is 5. The largest absolute Gasteiger partial charge is 0.444 e. The molecule has 2 aliphatic rings. The highest BCUT2D eigenvalue weighted by atomic mass is 16.6. The molecule has 0 unspecified atom stereocenters. The van der Waals surface area contributed by atoms with E-state index < -0.39 is 5.60 Å². The Bertz CT molecular complexity index is 657. The van der Waals surface area contributed by atoms with E-state index in [-0.39, 0.29) is 6.09 Å². The molecule has 0 aliphatic carbocycles. The van der Waals surface area contributed by atoms with E-state index >= 15 is 0 Å². The Morgan fingerprint density at radius 2 is 2.00 bits per heavy atom. The summed E-state index contributed by atoms with van der Waals surface area (Å²) in [5.41, 5.74) is 2.01. The Morgan fingerprint density at radius 1 is 1.30 bits per heavy atom. The minimum atomic E-state index is -0.462. The molecule has 0 N–H and O–H groups in total. The first-order chi connectivity index (χ1) is 12.9. The van der Waals surface area contributed by atoms with Crippen LogP contribution in [-0.4, -0.2) is 54.0 Å². The zero-order valence-corrected chi connectivity index (χ0v) is 16.7. The van der Waals surface area contributed by atoms with Crippen molar-refractivity contribution in [3.8, 4) is 0 Å². The predicted octanol–water partition coefficient (Wildman–Crippen LogP) is 3.61. The number of nitrogens with zero attached hydrogens (tertiary/aromatic N) is 3. The molecule has 0 aromatic carbocycles. The lowest BCUT2D eigenvalue weighted by Crippen LogP contribution is -2.50. The lowest BCUT2D eigenvalue weighted by Gasteiger charge is -2.42. The number of pyridine rings is 1. The van der Waals surface area contributed by atoms with Gasteiger partial charge in [0.2, 0.25) is 0 Å². The summed E-state index contributed by atoms with van der Waals surface area (Å²) in [6.07, 6.45) is 8.53. The molecule has 3 heterocycles. The minimum absolute atomic E-state index is 0.236. The highest BCUT2D eigenvalue weighted by molar-refractivity contribution is 5.70. The van der Waals surface area contributed by atoms with Crippen molar-refractivity contribution in [1.82, 2.24) is 9.88 Å². The first-order valence-electron chi connectivity index (χ1n) is 9.98. The van der Waals surface area contributed by atoms with Gasteiger partial charge in [0.1, 0.15) is 11.9 Å². The maximum absolute atomic E-state index is 12.2. The van der Waals surface area contributed by atoms with Gasteiger partial charge in [-0.05, 0) is 52.0 Å². The summed E-state index contributed by atoms with van der Waals surface area (Å²) in [7, 11) is 0. The molecule has 1 amide bonds. The van der Waals surface area contributed by atoms with Gasteiger partial charge < -0.3 is 19.3 Å². The van der Waals surface area contributed by atoms with Gasteiger partial charge in [-0.2, -0.15) is 0 Å². The van der Waals surface area contributed by atoms with Gasteiger partial charge in [-0.15, -0.1) is 0 Å². The molecule has 1 aromatic heterocycles. The van der Waals surface area contributed by atoms with Crippen LogP contribution in [-0.2, 0) is 9.53 Å². The van der Waals surface area contributed by atoms with Crippen LogP contribution < -0.4 is 4.90 Å². The first kappa shape index (κ1) is 19.6. The molecule has 2 fully saturated rings. The minimum Gasteiger partial charge on any atom is -0.444 e. The van der Waals surface area contributed by atoms with Crippen LogP contribution >= 0.6 is 0 Å². The second-order valence-electron chi connectivity index (χ2n) is 8.69. The summed E-state index contributed by atoms with van der Waals surface area (Å²) >= 11 is 0. The van der Waals surface area contributed by atoms with Gasteiger partial charge in [0, 0.05) is 62.2 Å². The molecular weight excluding hydrogens is 342 g/mol. The molecule has 2 saturated heterocycles. The first-order valence-corrected chi connectivity index (χ1v) is 9.98. The molecule has 6 heteroatoms. The van der Waals surface area contributed by atoms with Crippen molar-refractivity contribution < 1.29 is 14.3 Å². The van der Waals surface area contributed by atoms with E-state index in [9.17, 15) is 9.59 Å². The van der Waals surface area contributed by atoms with E-state index in [1.165, 1.54) is 11.3 Å². The maximum atomic E-state index is 12.2. The van der Waals surface area contributed by atoms with E-state index in [2.05, 4.69) is 16.0 Å². The van der Waals surface area contributed by atoms with Crippen molar-refractivity contribution in [3.63, 3.8) is 0 Å². The van der Waals surface area contributed by atoms with Crippen LogP contribution in [0.5, 0.6) is 0 Å². The molecule has 2 aliphatic heterocycles. The monoisotopic (exact) mass is 373 g/mol. The van der Waals surface area contributed by atoms with Crippen molar-refractivity contribution in [2.75, 3.05) is 31.1 Å². The SMILES string of the molecule is CC(C)(C)OC(=O)N1CC(c2cnccc2N2CCC(CCC=O)CC2)C1. The Balaban J connectivity index is 1.58. The molecule has 0 radical (unpaired) electrons. The summed E-state index contributed by atoms with van der Waals surface area (Å²) in [5.74, 6) is 0.970. The third-order valence-corrected chi connectivity index (χ3v) is 5.45. The van der Waals surface area contributed by atoms with Crippen LogP contribution in [0.2, 0.25) is 0 Å². The zero-order valence-electron chi connectivity index (χ0n) is 16.7. The van der Waals surface area contributed by atoms with Crippen LogP contribution in [0.15, 0.2) is 18.5 Å². The summed E-state index contributed by atoms with van der Waals surface area (Å²) < 4.78 is 5.45. The fraction of sp³-hybridized carbons (Fsp3) is 0.667. The van der Waals surface area contributed by atoms with Gasteiger partial charge in [0.05, 0.1) is 0 Å². The number of anilines is 1. The number of carbonyl (C=O) groups excluding carboxylic acids is 2. The molecule has 27 heavy (non-hydrogen) atoms. The van der Waals surface area contributed by atoms with Gasteiger partial charge in [0.25, 0.3) is 0 Å². The van der Waals surface area contributed by atoms with Gasteiger partial charge in [0.15, 0.2) is 0 Å². The zero-order chi connectivity index (χ0) is 19.4. The second kappa shape index (κ2) is 8.28. The third-order valence-electron chi connectivity index (χ3n) is 5.45. The predicted molar refractivity (Wildman–Crippen MR) is 105 cm³/mol. The molecule has 0 spiro atoms. The number of aromatic nitrogens is 1. The number of ether oxygens (including phenoxy) is 1. The molecule has 6 nitrogen and oxygen atoms in total. The van der Waals surface area contributed by atoms with Gasteiger partial charge in [-0.3, -0.25) is 4.98 Å². The van der Waals surface area contributed by atoms with Crippen molar-refractivity contribution in [1.29, 1.82) is 0 Å². The number of amides is 1. The fourth-order valence-corrected chi connectivity index (χ4v) is 3.92. The van der Waals surface area contributed by atoms with Crippen molar-refractivity contribution in [2.45, 2.75) is 58.0 Å². The van der Waals surface area contributed by atoms with Crippen LogP contribution in [0, 0.1) is 5.92 Å². The van der Waals surface area contributed by atoms with E-state index in [0.717, 1.165) is 38.6 Å². The second-order valence-corrected chi connectivity index (χ2v) is 8.69. The number of hydrogen-bond acceptors (Lipinski definition) is 5. The van der Waals surface area contributed by atoms with E-state index in [1.54, 1.807) is 4.90 Å². The molecule has 148 valence electrons. The molecule has 0 bridgehead atoms. The van der Waals surface area contributed by atoms with Gasteiger partial charge in [-0.25, -0.2) is 4.79 Å². The maximum Gasteiger partial charge on any atom is 0.410 e. The Morgan fingerprint density at radius 3 is 2.63 bits per heavy atom. The average Bonchev–Trinajstić information content (AvgIpc) is 2.58. The third kappa shape index (κ3) is 4.99. The molecule has 0 atom stereocenters. The summed E-state index contributed by atoms with van der Waals surface area (Å²) in [6, 6.07) is 2.09. The van der Waals surface area contributed by atoms with E-state index in [0.29, 0.717) is 31.3 Å². The standard InChI is InChI=1S/C21H31N3O3/c1-21(2,3)27-20(26)24-14-17(15-24)18-13-22-9-6-19(18)23-10-7-16(8-11-23)5-4-12-25/h6,9,12-13,16-17H,4-5,7-8,10-11,14-15H2,1-3H3. The number of aldehydes is 1. The van der Waals surface area contributed by atoms with Crippen molar-refractivity contribution >= 4 is 18.1 Å². The van der Waals surface area contributed by atoms with Crippen molar-refractivity contribution in [2.24, 2.45) is 5.92 Å². The number of hydrogen-bond donors (Lipinski definition) is 0. The summed E-state index contributed by atoms with van der Waals surface area (Å²) in [6.45, 7) is 9.07. The van der Waals surface area contributed by atoms with E-state index in [4.69, 9.17) is 4.74 Å². The lowest BCUT2D eigenvalue weighted by atomic mass is 9.89. The van der Waals surface area contributed by atoms with E-state index in [1.807, 2.05) is 33.2 Å². The lowest BCUT2D eigenvalue weighted by molar-refractivity contribution is -0.108. The number of piperidine rings is 1. The fourth-order valence-electron chi connectivity index (χ4n) is 3.92. The molecule has 3 rings (SSSR count). The Hall–Kier alpha value is -2.11. The average molecular weight is 373 g/mol. The molecule has 1 aromatic rings. The van der Waals surface area contributed by atoms with Crippen LogP contribution in [0.3, 0.4) is 0 Å². The van der Waals surface area contributed by atoms with Crippen LogP contribution in [0.25, 0.3) is 0 Å². The van der Waals surface area contributed by atoms with Crippen molar-refractivity contribution in [3.05, 3.63) is 24.0 Å². The Kier molecular flexibility index (Phi) is 6.02. The van der Waals surface area contributed by atoms with Gasteiger partial charge in [-0.1, -0.05) is 0 Å².